The zero-order chi connectivity index (χ0) is 15.6. The van der Waals surface area contributed by atoms with Crippen LogP contribution in [0.5, 0.6) is 5.75 Å². The smallest absolute Gasteiger partial charge is 0.119 e. The molecule has 1 aliphatic rings. The molecule has 1 saturated heterocycles. The molecule has 1 aromatic heterocycles. The average Bonchev–Trinajstić information content (AvgIpc) is 3.05. The number of para-hydroxylation sites is 1. The zero-order valence-corrected chi connectivity index (χ0v) is 13.5. The van der Waals surface area contributed by atoms with Crippen LogP contribution in [0.1, 0.15) is 24.3 Å². The highest BCUT2D eigenvalue weighted by molar-refractivity contribution is 5.85. The van der Waals surface area contributed by atoms with Gasteiger partial charge in [-0.3, -0.25) is 0 Å². The van der Waals surface area contributed by atoms with Gasteiger partial charge in [0, 0.05) is 35.9 Å². The number of aromatic nitrogens is 1. The number of hydrogen-bond acceptors (Lipinski definition) is 2. The maximum absolute atomic E-state index is 5.39. The number of hydrogen-bond donors (Lipinski definition) is 1. The SMILES string of the molecule is COc1ccc2[nH]cc(C3CCN(c4ccccc4)CC3)c2c1. The molecular formula is C20H22N2O. The van der Waals surface area contributed by atoms with Gasteiger partial charge in [-0.2, -0.15) is 0 Å². The van der Waals surface area contributed by atoms with E-state index in [0.717, 1.165) is 18.8 Å². The van der Waals surface area contributed by atoms with Gasteiger partial charge in [-0.1, -0.05) is 18.2 Å². The standard InChI is InChI=1S/C20H22N2O/c1-23-17-7-8-20-18(13-17)19(14-21-20)15-9-11-22(12-10-15)16-5-3-2-4-6-16/h2-8,13-15,21H,9-12H2,1H3. The van der Waals surface area contributed by atoms with Crippen LogP contribution >= 0.6 is 0 Å². The highest BCUT2D eigenvalue weighted by Gasteiger charge is 2.23. The van der Waals surface area contributed by atoms with E-state index in [1.165, 1.54) is 35.0 Å². The molecule has 0 bridgehead atoms. The molecule has 2 aromatic carbocycles. The van der Waals surface area contributed by atoms with Crippen molar-refractivity contribution in [3.63, 3.8) is 0 Å². The molecule has 0 unspecified atom stereocenters. The first-order valence-corrected chi connectivity index (χ1v) is 8.30. The number of nitrogens with zero attached hydrogens (tertiary/aromatic N) is 1. The van der Waals surface area contributed by atoms with Crippen molar-refractivity contribution in [2.75, 3.05) is 25.1 Å². The summed E-state index contributed by atoms with van der Waals surface area (Å²) in [4.78, 5) is 5.90. The number of piperidine rings is 1. The van der Waals surface area contributed by atoms with E-state index in [-0.39, 0.29) is 0 Å². The Balaban J connectivity index is 1.54. The van der Waals surface area contributed by atoms with Gasteiger partial charge in [-0.25, -0.2) is 0 Å². The Bertz CT molecular complexity index is 786. The fourth-order valence-electron chi connectivity index (χ4n) is 3.67. The van der Waals surface area contributed by atoms with Crippen LogP contribution in [-0.2, 0) is 0 Å². The van der Waals surface area contributed by atoms with Crippen LogP contribution in [0.2, 0.25) is 0 Å². The van der Waals surface area contributed by atoms with E-state index in [2.05, 4.69) is 58.5 Å². The van der Waals surface area contributed by atoms with E-state index < -0.39 is 0 Å². The summed E-state index contributed by atoms with van der Waals surface area (Å²) in [5.74, 6) is 1.55. The molecule has 0 amide bonds. The monoisotopic (exact) mass is 306 g/mol. The fourth-order valence-corrected chi connectivity index (χ4v) is 3.67. The minimum absolute atomic E-state index is 0.621. The van der Waals surface area contributed by atoms with Crippen molar-refractivity contribution in [3.8, 4) is 5.75 Å². The quantitative estimate of drug-likeness (QED) is 0.768. The highest BCUT2D eigenvalue weighted by Crippen LogP contribution is 2.35. The summed E-state index contributed by atoms with van der Waals surface area (Å²) in [6, 6.07) is 17.0. The van der Waals surface area contributed by atoms with E-state index in [1.54, 1.807) is 7.11 Å². The van der Waals surface area contributed by atoms with Gasteiger partial charge in [-0.05, 0) is 54.7 Å². The van der Waals surface area contributed by atoms with Gasteiger partial charge in [0.2, 0.25) is 0 Å². The summed E-state index contributed by atoms with van der Waals surface area (Å²) in [6.07, 6.45) is 4.57. The lowest BCUT2D eigenvalue weighted by Crippen LogP contribution is -2.32. The van der Waals surface area contributed by atoms with Crippen molar-refractivity contribution in [2.24, 2.45) is 0 Å². The van der Waals surface area contributed by atoms with Crippen LogP contribution in [0, 0.1) is 0 Å². The summed E-state index contributed by atoms with van der Waals surface area (Å²) in [5, 5.41) is 1.31. The van der Waals surface area contributed by atoms with Crippen molar-refractivity contribution < 1.29 is 4.74 Å². The van der Waals surface area contributed by atoms with Gasteiger partial charge in [0.1, 0.15) is 5.75 Å². The Labute approximate surface area is 136 Å². The van der Waals surface area contributed by atoms with Crippen LogP contribution in [-0.4, -0.2) is 25.2 Å². The predicted molar refractivity (Wildman–Crippen MR) is 95.5 cm³/mol. The third-order valence-corrected chi connectivity index (χ3v) is 4.98. The number of aromatic amines is 1. The molecule has 0 spiro atoms. The van der Waals surface area contributed by atoms with Crippen molar-refractivity contribution in [1.29, 1.82) is 0 Å². The van der Waals surface area contributed by atoms with Gasteiger partial charge in [0.15, 0.2) is 0 Å². The lowest BCUT2D eigenvalue weighted by atomic mass is 9.89. The van der Waals surface area contributed by atoms with Crippen LogP contribution in [0.15, 0.2) is 54.7 Å². The maximum Gasteiger partial charge on any atom is 0.119 e. The molecule has 1 aliphatic heterocycles. The molecule has 118 valence electrons. The van der Waals surface area contributed by atoms with Crippen molar-refractivity contribution in [1.82, 2.24) is 4.98 Å². The minimum Gasteiger partial charge on any atom is -0.497 e. The second-order valence-electron chi connectivity index (χ2n) is 6.25. The molecule has 2 heterocycles. The number of methoxy groups -OCH3 is 1. The molecule has 0 aliphatic carbocycles. The number of benzene rings is 2. The van der Waals surface area contributed by atoms with E-state index >= 15 is 0 Å². The fraction of sp³-hybridized carbons (Fsp3) is 0.300. The number of nitrogens with one attached hydrogen (secondary N) is 1. The van der Waals surface area contributed by atoms with E-state index in [1.807, 2.05) is 6.07 Å². The molecule has 1 N–H and O–H groups in total. The topological polar surface area (TPSA) is 28.3 Å². The molecule has 23 heavy (non-hydrogen) atoms. The van der Waals surface area contributed by atoms with E-state index in [4.69, 9.17) is 4.74 Å². The molecule has 3 heteroatoms. The Hall–Kier alpha value is -2.42. The average molecular weight is 306 g/mol. The summed E-state index contributed by atoms with van der Waals surface area (Å²) >= 11 is 0. The van der Waals surface area contributed by atoms with Crippen LogP contribution in [0.25, 0.3) is 10.9 Å². The molecule has 0 saturated carbocycles. The van der Waals surface area contributed by atoms with Crippen LogP contribution in [0.3, 0.4) is 0 Å². The van der Waals surface area contributed by atoms with Gasteiger partial charge in [-0.15, -0.1) is 0 Å². The summed E-state index contributed by atoms with van der Waals surface area (Å²) < 4.78 is 5.39. The summed E-state index contributed by atoms with van der Waals surface area (Å²) in [5.41, 5.74) is 3.98. The minimum atomic E-state index is 0.621. The number of anilines is 1. The van der Waals surface area contributed by atoms with Crippen molar-refractivity contribution in [3.05, 3.63) is 60.3 Å². The second-order valence-corrected chi connectivity index (χ2v) is 6.25. The molecule has 0 atom stereocenters. The molecule has 1 fully saturated rings. The van der Waals surface area contributed by atoms with Crippen molar-refractivity contribution in [2.45, 2.75) is 18.8 Å². The van der Waals surface area contributed by atoms with Crippen LogP contribution in [0.4, 0.5) is 5.69 Å². The normalized spacial score (nSPS) is 16.0. The Kier molecular flexibility index (Phi) is 3.70. The van der Waals surface area contributed by atoms with Gasteiger partial charge in [0.25, 0.3) is 0 Å². The van der Waals surface area contributed by atoms with E-state index in [0.29, 0.717) is 5.92 Å². The van der Waals surface area contributed by atoms with E-state index in [9.17, 15) is 0 Å². The zero-order valence-electron chi connectivity index (χ0n) is 13.5. The second kappa shape index (κ2) is 5.99. The first kappa shape index (κ1) is 14.2. The molecule has 4 rings (SSSR count). The van der Waals surface area contributed by atoms with Gasteiger partial charge in [0.05, 0.1) is 7.11 Å². The van der Waals surface area contributed by atoms with Crippen molar-refractivity contribution >= 4 is 16.6 Å². The summed E-state index contributed by atoms with van der Waals surface area (Å²) in [6.45, 7) is 2.23. The molecular weight excluding hydrogens is 284 g/mol. The first-order valence-electron chi connectivity index (χ1n) is 8.30. The molecule has 3 aromatic rings. The number of H-pyrrole nitrogens is 1. The largest absolute Gasteiger partial charge is 0.497 e. The number of fused-ring (bicyclic) bond motifs is 1. The van der Waals surface area contributed by atoms with Crippen LogP contribution < -0.4 is 9.64 Å². The molecule has 3 nitrogen and oxygen atoms in total. The third kappa shape index (κ3) is 2.67. The lowest BCUT2D eigenvalue weighted by molar-refractivity contribution is 0.415. The third-order valence-electron chi connectivity index (χ3n) is 4.98. The Morgan fingerprint density at radius 2 is 1.83 bits per heavy atom. The Morgan fingerprint density at radius 1 is 1.04 bits per heavy atom. The number of rotatable bonds is 3. The lowest BCUT2D eigenvalue weighted by Gasteiger charge is -2.33. The predicted octanol–water partition coefficient (Wildman–Crippen LogP) is 4.56. The van der Waals surface area contributed by atoms with Gasteiger partial charge >= 0.3 is 0 Å². The van der Waals surface area contributed by atoms with Gasteiger partial charge < -0.3 is 14.6 Å². The summed E-state index contributed by atoms with van der Waals surface area (Å²) in [7, 11) is 1.73. The highest BCUT2D eigenvalue weighted by atomic mass is 16.5. The maximum atomic E-state index is 5.39. The first-order chi connectivity index (χ1) is 11.3. The molecule has 0 radical (unpaired) electrons. The Morgan fingerprint density at radius 3 is 2.57 bits per heavy atom. The number of ether oxygens (including phenoxy) is 1.